The van der Waals surface area contributed by atoms with Crippen molar-refractivity contribution < 1.29 is 18.2 Å². The van der Waals surface area contributed by atoms with E-state index >= 15 is 0 Å². The first-order valence-corrected chi connectivity index (χ1v) is 10.0. The minimum Gasteiger partial charge on any atom is -0.379 e. The van der Waals surface area contributed by atoms with Crippen LogP contribution in [0, 0.1) is 5.82 Å². The summed E-state index contributed by atoms with van der Waals surface area (Å²) in [5, 5.41) is 6.79. The second kappa shape index (κ2) is 9.82. The normalized spacial score (nSPS) is 12.3. The highest BCUT2D eigenvalue weighted by atomic mass is 35.5. The van der Waals surface area contributed by atoms with Gasteiger partial charge in [-0.2, -0.15) is 0 Å². The highest BCUT2D eigenvalue weighted by Gasteiger charge is 2.18. The molecule has 0 aliphatic heterocycles. The number of aromatic nitrogens is 4. The average molecular weight is 441 g/mol. The van der Waals surface area contributed by atoms with E-state index in [1.807, 2.05) is 13.8 Å². The van der Waals surface area contributed by atoms with Gasteiger partial charge >= 0.3 is 0 Å². The fraction of sp³-hybridized carbons (Fsp3) is 0.400. The Morgan fingerprint density at radius 3 is 2.90 bits per heavy atom. The summed E-state index contributed by atoms with van der Waals surface area (Å²) in [5.74, 6) is -0.690. The Kier molecular flexibility index (Phi) is 7.17. The lowest BCUT2D eigenvalue weighted by molar-refractivity contribution is -0.121. The Balaban J connectivity index is 0.00000341. The van der Waals surface area contributed by atoms with Crippen LogP contribution in [0.5, 0.6) is 0 Å². The molecule has 10 heteroatoms. The number of anilines is 1. The van der Waals surface area contributed by atoms with Gasteiger partial charge in [0.25, 0.3) is 0 Å². The largest absolute Gasteiger partial charge is 0.379 e. The Hall–Kier alpha value is -2.78. The van der Waals surface area contributed by atoms with Gasteiger partial charge in [0.2, 0.25) is 5.91 Å². The first kappa shape index (κ1) is 21.9. The van der Waals surface area contributed by atoms with E-state index in [0.29, 0.717) is 35.8 Å². The Labute approximate surface area is 183 Å². The van der Waals surface area contributed by atoms with Crippen molar-refractivity contribution >= 4 is 34.4 Å². The van der Waals surface area contributed by atoms with Crippen LogP contribution in [0.2, 0.25) is 5.02 Å². The van der Waals surface area contributed by atoms with Crippen molar-refractivity contribution in [3.63, 3.8) is 0 Å². The molecular weight excluding hydrogens is 411 g/mol. The van der Waals surface area contributed by atoms with Crippen molar-refractivity contribution in [2.45, 2.75) is 39.3 Å². The summed E-state index contributed by atoms with van der Waals surface area (Å²) in [4.78, 5) is 27.8. The molecule has 30 heavy (non-hydrogen) atoms. The SMILES string of the molecule is CC(C)OCCCNC(=O)[C@H](C)Nc1nc(-c2c[nH]c3ncc(Cl)cc23)ncc1F.[HH].[HH].[HH]. The van der Waals surface area contributed by atoms with Crippen LogP contribution in [0.3, 0.4) is 0 Å². The molecule has 0 bridgehead atoms. The average Bonchev–Trinajstić information content (AvgIpc) is 3.12. The van der Waals surface area contributed by atoms with Gasteiger partial charge in [-0.3, -0.25) is 4.79 Å². The standard InChI is InChI=1S/C20H24ClFN6O2.3H2/c1-11(2)30-6-4-5-23-20(29)12(3)27-19-16(22)10-26-18(28-19)15-9-25-17-14(15)7-13(21)8-24-17;;;/h7-12H,4-6H2,1-3H3,(H,23,29)(H,24,25)(H,26,27,28);3*1H/t12-;;;/m0.../s1. The monoisotopic (exact) mass is 440 g/mol. The van der Waals surface area contributed by atoms with Crippen LogP contribution in [0.1, 0.15) is 31.5 Å². The van der Waals surface area contributed by atoms with Gasteiger partial charge in [0.15, 0.2) is 17.5 Å². The number of rotatable bonds is 9. The summed E-state index contributed by atoms with van der Waals surface area (Å²) in [6.07, 6.45) is 5.12. The lowest BCUT2D eigenvalue weighted by Crippen LogP contribution is -2.38. The van der Waals surface area contributed by atoms with Gasteiger partial charge in [-0.05, 0) is 33.3 Å². The molecule has 1 amide bonds. The Morgan fingerprint density at radius 1 is 1.33 bits per heavy atom. The number of halogens is 2. The number of amides is 1. The first-order valence-electron chi connectivity index (χ1n) is 9.66. The molecule has 3 N–H and O–H groups in total. The zero-order valence-corrected chi connectivity index (χ0v) is 17.8. The Morgan fingerprint density at radius 2 is 2.13 bits per heavy atom. The molecule has 0 saturated carbocycles. The van der Waals surface area contributed by atoms with Gasteiger partial charge in [-0.1, -0.05) is 11.6 Å². The number of ether oxygens (including phenoxy) is 1. The molecular formula is C20H30ClFN6O2. The molecule has 3 rings (SSSR count). The molecule has 3 heterocycles. The van der Waals surface area contributed by atoms with Crippen LogP contribution in [0.25, 0.3) is 22.4 Å². The summed E-state index contributed by atoms with van der Waals surface area (Å²) >= 11 is 6.03. The summed E-state index contributed by atoms with van der Waals surface area (Å²) in [7, 11) is 0. The Bertz CT molecular complexity index is 1040. The number of aromatic amines is 1. The van der Waals surface area contributed by atoms with Crippen LogP contribution in [0.4, 0.5) is 10.2 Å². The predicted molar refractivity (Wildman–Crippen MR) is 120 cm³/mol. The number of hydrogen-bond donors (Lipinski definition) is 3. The molecule has 3 aromatic heterocycles. The molecule has 0 radical (unpaired) electrons. The molecule has 1 atom stereocenters. The highest BCUT2D eigenvalue weighted by molar-refractivity contribution is 6.31. The third-order valence-electron chi connectivity index (χ3n) is 4.30. The first-order chi connectivity index (χ1) is 14.3. The van der Waals surface area contributed by atoms with Gasteiger partial charge in [0, 0.05) is 40.8 Å². The van der Waals surface area contributed by atoms with Gasteiger partial charge in [-0.15, -0.1) is 0 Å². The van der Waals surface area contributed by atoms with Crippen LogP contribution >= 0.6 is 11.6 Å². The van der Waals surface area contributed by atoms with Crippen LogP contribution in [-0.4, -0.2) is 51.1 Å². The third kappa shape index (κ3) is 5.43. The molecule has 8 nitrogen and oxygen atoms in total. The van der Waals surface area contributed by atoms with Crippen molar-refractivity contribution in [3.05, 3.63) is 35.5 Å². The fourth-order valence-electron chi connectivity index (χ4n) is 2.79. The maximum Gasteiger partial charge on any atom is 0.242 e. The highest BCUT2D eigenvalue weighted by Crippen LogP contribution is 2.28. The molecule has 0 aliphatic rings. The van der Waals surface area contributed by atoms with E-state index in [-0.39, 0.29) is 27.9 Å². The van der Waals surface area contributed by atoms with E-state index in [2.05, 4.69) is 30.6 Å². The van der Waals surface area contributed by atoms with E-state index in [4.69, 9.17) is 16.3 Å². The lowest BCUT2D eigenvalue weighted by Gasteiger charge is -2.15. The van der Waals surface area contributed by atoms with Crippen LogP contribution < -0.4 is 10.6 Å². The van der Waals surface area contributed by atoms with Crippen molar-refractivity contribution in [2.24, 2.45) is 0 Å². The smallest absolute Gasteiger partial charge is 0.242 e. The number of nitrogens with one attached hydrogen (secondary N) is 3. The van der Waals surface area contributed by atoms with Crippen molar-refractivity contribution in [3.8, 4) is 11.4 Å². The van der Waals surface area contributed by atoms with E-state index in [9.17, 15) is 9.18 Å². The second-order valence-corrected chi connectivity index (χ2v) is 7.51. The summed E-state index contributed by atoms with van der Waals surface area (Å²) in [5.41, 5.74) is 1.25. The van der Waals surface area contributed by atoms with Crippen molar-refractivity contribution in [2.75, 3.05) is 18.5 Å². The molecule has 0 fully saturated rings. The number of fused-ring (bicyclic) bond motifs is 1. The van der Waals surface area contributed by atoms with Crippen molar-refractivity contribution in [1.82, 2.24) is 25.3 Å². The van der Waals surface area contributed by atoms with Gasteiger partial charge in [0.05, 0.1) is 17.3 Å². The zero-order chi connectivity index (χ0) is 21.7. The molecule has 0 aliphatic carbocycles. The summed E-state index contributed by atoms with van der Waals surface area (Å²) < 4.78 is 19.7. The predicted octanol–water partition coefficient (Wildman–Crippen LogP) is 4.28. The lowest BCUT2D eigenvalue weighted by atomic mass is 10.2. The topological polar surface area (TPSA) is 105 Å². The number of hydrogen-bond acceptors (Lipinski definition) is 6. The summed E-state index contributed by atoms with van der Waals surface area (Å²) in [6.45, 7) is 6.58. The van der Waals surface area contributed by atoms with Gasteiger partial charge in [-0.25, -0.2) is 19.3 Å². The summed E-state index contributed by atoms with van der Waals surface area (Å²) in [6, 6.07) is 1.04. The van der Waals surface area contributed by atoms with E-state index < -0.39 is 11.9 Å². The number of pyridine rings is 1. The van der Waals surface area contributed by atoms with Gasteiger partial charge < -0.3 is 20.4 Å². The van der Waals surface area contributed by atoms with E-state index in [1.54, 1.807) is 19.2 Å². The van der Waals surface area contributed by atoms with Crippen LogP contribution in [-0.2, 0) is 9.53 Å². The number of nitrogens with zero attached hydrogens (tertiary/aromatic N) is 3. The van der Waals surface area contributed by atoms with Gasteiger partial charge in [0.1, 0.15) is 11.7 Å². The third-order valence-corrected chi connectivity index (χ3v) is 4.51. The minimum absolute atomic E-state index is 0. The molecule has 3 aromatic rings. The molecule has 0 unspecified atom stereocenters. The number of carbonyl (C=O) groups is 1. The maximum absolute atomic E-state index is 14.3. The van der Waals surface area contributed by atoms with Crippen molar-refractivity contribution in [1.29, 1.82) is 0 Å². The number of H-pyrrole nitrogens is 1. The second-order valence-electron chi connectivity index (χ2n) is 7.07. The zero-order valence-electron chi connectivity index (χ0n) is 17.0. The number of carbonyl (C=O) groups excluding carboxylic acids is 1. The molecule has 0 aromatic carbocycles. The minimum atomic E-state index is -0.688. The molecule has 0 saturated heterocycles. The maximum atomic E-state index is 14.3. The van der Waals surface area contributed by atoms with E-state index in [1.165, 1.54) is 6.20 Å². The molecule has 166 valence electrons. The molecule has 0 spiro atoms. The quantitative estimate of drug-likeness (QED) is 0.429. The van der Waals surface area contributed by atoms with Crippen LogP contribution in [0.15, 0.2) is 24.7 Å². The van der Waals surface area contributed by atoms with E-state index in [0.717, 1.165) is 11.6 Å². The fourth-order valence-corrected chi connectivity index (χ4v) is 2.95.